The zero-order chi connectivity index (χ0) is 16.5. The molecular weight excluding hydrogens is 300 g/mol. The van der Waals surface area contributed by atoms with Crippen molar-refractivity contribution in [2.24, 2.45) is 4.99 Å². The molecule has 0 radical (unpaired) electrons. The van der Waals surface area contributed by atoms with Crippen molar-refractivity contribution in [1.29, 1.82) is 0 Å². The number of rotatable bonds is 2. The average Bonchev–Trinajstić information content (AvgIpc) is 2.81. The summed E-state index contributed by atoms with van der Waals surface area (Å²) in [5, 5.41) is 3.42. The fraction of sp³-hybridized carbons (Fsp3) is 0.200. The van der Waals surface area contributed by atoms with Gasteiger partial charge in [-0.05, 0) is 30.2 Å². The van der Waals surface area contributed by atoms with E-state index in [4.69, 9.17) is 4.74 Å². The van der Waals surface area contributed by atoms with Crippen LogP contribution < -0.4 is 10.1 Å². The van der Waals surface area contributed by atoms with Gasteiger partial charge in [-0.2, -0.15) is 0 Å². The van der Waals surface area contributed by atoms with Crippen LogP contribution in [0.1, 0.15) is 24.3 Å². The van der Waals surface area contributed by atoms with Gasteiger partial charge in [-0.15, -0.1) is 0 Å². The number of carbonyl (C=O) groups is 1. The fourth-order valence-corrected chi connectivity index (χ4v) is 3.41. The molecule has 1 N–H and O–H groups in total. The van der Waals surface area contributed by atoms with E-state index in [-0.39, 0.29) is 11.7 Å². The Morgan fingerprint density at radius 1 is 1.08 bits per heavy atom. The molecule has 1 heterocycles. The van der Waals surface area contributed by atoms with Gasteiger partial charge in [0.1, 0.15) is 5.75 Å². The predicted octanol–water partition coefficient (Wildman–Crippen LogP) is 4.22. The van der Waals surface area contributed by atoms with Crippen molar-refractivity contribution in [3.8, 4) is 5.75 Å². The Morgan fingerprint density at radius 3 is 2.75 bits per heavy atom. The lowest BCUT2D eigenvalue weighted by Gasteiger charge is -2.26. The highest BCUT2D eigenvalue weighted by Gasteiger charge is 2.30. The second-order valence-electron chi connectivity index (χ2n) is 6.06. The zero-order valence-corrected chi connectivity index (χ0v) is 13.5. The smallest absolute Gasteiger partial charge is 0.166 e. The zero-order valence-electron chi connectivity index (χ0n) is 13.5. The highest BCUT2D eigenvalue weighted by molar-refractivity contribution is 6.16. The van der Waals surface area contributed by atoms with Gasteiger partial charge in [0.05, 0.1) is 24.1 Å². The van der Waals surface area contributed by atoms with Crippen LogP contribution in [0.4, 0.5) is 11.4 Å². The van der Waals surface area contributed by atoms with Crippen molar-refractivity contribution < 1.29 is 9.53 Å². The van der Waals surface area contributed by atoms with Crippen molar-refractivity contribution in [1.82, 2.24) is 0 Å². The minimum absolute atomic E-state index is 0.110. The van der Waals surface area contributed by atoms with Gasteiger partial charge in [0.2, 0.25) is 0 Å². The maximum absolute atomic E-state index is 12.7. The molecule has 1 aliphatic heterocycles. The molecule has 4 rings (SSSR count). The van der Waals surface area contributed by atoms with Crippen LogP contribution >= 0.6 is 0 Å². The van der Waals surface area contributed by atoms with Crippen LogP contribution in [0.25, 0.3) is 0 Å². The number of methoxy groups -OCH3 is 1. The van der Waals surface area contributed by atoms with Gasteiger partial charge in [0.25, 0.3) is 0 Å². The van der Waals surface area contributed by atoms with Crippen molar-refractivity contribution in [2.45, 2.75) is 18.8 Å². The summed E-state index contributed by atoms with van der Waals surface area (Å²) < 4.78 is 5.48. The summed E-state index contributed by atoms with van der Waals surface area (Å²) in [5.41, 5.74) is 4.50. The van der Waals surface area contributed by atoms with Crippen molar-refractivity contribution in [2.75, 3.05) is 12.4 Å². The number of ether oxygens (including phenoxy) is 1. The Bertz CT molecular complexity index is 867. The molecule has 0 fully saturated rings. The SMILES string of the molecule is COc1ccccc1[C@H]1CC(=O)C2=C(C1)Nc1ccccc1N=C2. The number of hydrogen-bond donors (Lipinski definition) is 1. The number of hydrogen-bond acceptors (Lipinski definition) is 4. The summed E-state index contributed by atoms with van der Waals surface area (Å²) in [7, 11) is 1.67. The number of fused-ring (bicyclic) bond motifs is 1. The molecule has 0 unspecified atom stereocenters. The largest absolute Gasteiger partial charge is 0.496 e. The van der Waals surface area contributed by atoms with Crippen LogP contribution in [0.2, 0.25) is 0 Å². The van der Waals surface area contributed by atoms with Crippen LogP contribution in [-0.2, 0) is 4.79 Å². The average molecular weight is 318 g/mol. The van der Waals surface area contributed by atoms with E-state index in [0.29, 0.717) is 12.0 Å². The van der Waals surface area contributed by atoms with Crippen molar-refractivity contribution >= 4 is 23.4 Å². The van der Waals surface area contributed by atoms with E-state index in [1.165, 1.54) is 0 Å². The lowest BCUT2D eigenvalue weighted by molar-refractivity contribution is -0.115. The van der Waals surface area contributed by atoms with Crippen molar-refractivity contribution in [3.63, 3.8) is 0 Å². The summed E-state index contributed by atoms with van der Waals surface area (Å²) in [4.78, 5) is 17.1. The Labute approximate surface area is 140 Å². The molecule has 0 saturated heterocycles. The number of benzene rings is 2. The van der Waals surface area contributed by atoms with Crippen LogP contribution in [0.5, 0.6) is 5.75 Å². The van der Waals surface area contributed by atoms with Gasteiger partial charge in [0, 0.05) is 24.3 Å². The van der Waals surface area contributed by atoms with Gasteiger partial charge in [-0.3, -0.25) is 9.79 Å². The normalized spacial score (nSPS) is 19.2. The van der Waals surface area contributed by atoms with E-state index in [1.54, 1.807) is 13.3 Å². The first-order valence-corrected chi connectivity index (χ1v) is 8.05. The number of anilines is 1. The second-order valence-corrected chi connectivity index (χ2v) is 6.06. The van der Waals surface area contributed by atoms with Gasteiger partial charge < -0.3 is 10.1 Å². The summed E-state index contributed by atoms with van der Waals surface area (Å²) in [6.45, 7) is 0. The molecule has 0 bridgehead atoms. The van der Waals surface area contributed by atoms with E-state index in [1.807, 2.05) is 48.5 Å². The first-order chi connectivity index (χ1) is 11.8. The summed E-state index contributed by atoms with van der Waals surface area (Å²) in [6, 6.07) is 15.8. The lowest BCUT2D eigenvalue weighted by atomic mass is 9.81. The lowest BCUT2D eigenvalue weighted by Crippen LogP contribution is -2.22. The number of Topliss-reactive ketones (excluding diaryl/α,β-unsaturated/α-hetero) is 1. The third-order valence-electron chi connectivity index (χ3n) is 4.61. The summed E-state index contributed by atoms with van der Waals surface area (Å²) >= 11 is 0. The van der Waals surface area contributed by atoms with E-state index in [9.17, 15) is 4.79 Å². The molecule has 120 valence electrons. The quantitative estimate of drug-likeness (QED) is 0.902. The number of nitrogens with one attached hydrogen (secondary N) is 1. The molecule has 1 atom stereocenters. The fourth-order valence-electron chi connectivity index (χ4n) is 3.41. The van der Waals surface area contributed by atoms with Crippen LogP contribution in [0.3, 0.4) is 0 Å². The molecule has 2 aliphatic rings. The molecule has 0 aromatic heterocycles. The minimum atomic E-state index is 0.110. The molecule has 4 heteroatoms. The maximum atomic E-state index is 12.7. The van der Waals surface area contributed by atoms with E-state index in [2.05, 4.69) is 10.3 Å². The van der Waals surface area contributed by atoms with Gasteiger partial charge in [0.15, 0.2) is 5.78 Å². The van der Waals surface area contributed by atoms with E-state index in [0.717, 1.165) is 34.8 Å². The summed E-state index contributed by atoms with van der Waals surface area (Å²) in [5.74, 6) is 1.07. The molecule has 4 nitrogen and oxygen atoms in total. The van der Waals surface area contributed by atoms with Gasteiger partial charge >= 0.3 is 0 Å². The van der Waals surface area contributed by atoms with Crippen LogP contribution in [0.15, 0.2) is 64.8 Å². The number of ketones is 1. The van der Waals surface area contributed by atoms with Gasteiger partial charge in [-0.25, -0.2) is 0 Å². The Hall–Kier alpha value is -2.88. The molecule has 0 spiro atoms. The Balaban J connectivity index is 1.71. The predicted molar refractivity (Wildman–Crippen MR) is 95.2 cm³/mol. The molecule has 24 heavy (non-hydrogen) atoms. The monoisotopic (exact) mass is 318 g/mol. The summed E-state index contributed by atoms with van der Waals surface area (Å²) in [6.07, 6.45) is 2.94. The molecule has 0 amide bonds. The standard InChI is InChI=1S/C20H18N2O2/c1-24-20-9-5-2-6-14(20)13-10-18-15(19(23)11-13)12-21-16-7-3-4-8-17(16)22-18/h2-9,12-13,22H,10-11H2,1H3/t13-/m1/s1. The topological polar surface area (TPSA) is 50.7 Å². The molecular formula is C20H18N2O2. The highest BCUT2D eigenvalue weighted by atomic mass is 16.5. The number of carbonyl (C=O) groups excluding carboxylic acids is 1. The third-order valence-corrected chi connectivity index (χ3v) is 4.61. The first kappa shape index (κ1) is 14.7. The highest BCUT2D eigenvalue weighted by Crippen LogP contribution is 2.40. The Kier molecular flexibility index (Phi) is 3.65. The van der Waals surface area contributed by atoms with Gasteiger partial charge in [-0.1, -0.05) is 30.3 Å². The van der Waals surface area contributed by atoms with Crippen LogP contribution in [0, 0.1) is 0 Å². The molecule has 0 saturated carbocycles. The Morgan fingerprint density at radius 2 is 1.88 bits per heavy atom. The van der Waals surface area contributed by atoms with Crippen molar-refractivity contribution in [3.05, 3.63) is 65.4 Å². The molecule has 1 aliphatic carbocycles. The third kappa shape index (κ3) is 2.50. The van der Waals surface area contributed by atoms with E-state index >= 15 is 0 Å². The minimum Gasteiger partial charge on any atom is -0.496 e. The number of nitrogens with zero attached hydrogens (tertiary/aromatic N) is 1. The molecule has 2 aromatic rings. The number of para-hydroxylation sites is 3. The number of aliphatic imine (C=N–C) groups is 1. The maximum Gasteiger partial charge on any atom is 0.166 e. The number of allylic oxidation sites excluding steroid dienone is 2. The first-order valence-electron chi connectivity index (χ1n) is 8.05. The van der Waals surface area contributed by atoms with E-state index < -0.39 is 0 Å². The second kappa shape index (κ2) is 5.96. The van der Waals surface area contributed by atoms with Crippen LogP contribution in [-0.4, -0.2) is 19.1 Å². The molecule has 2 aromatic carbocycles.